The van der Waals surface area contributed by atoms with E-state index < -0.39 is 0 Å². The van der Waals surface area contributed by atoms with Crippen LogP contribution in [0.25, 0.3) is 0 Å². The van der Waals surface area contributed by atoms with Crippen LogP contribution in [0.15, 0.2) is 29.2 Å². The Morgan fingerprint density at radius 3 is 2.95 bits per heavy atom. The lowest BCUT2D eigenvalue weighted by atomic mass is 9.95. The molecule has 0 bridgehead atoms. The average Bonchev–Trinajstić information content (AvgIpc) is 3.05. The first kappa shape index (κ1) is 15.7. The lowest BCUT2D eigenvalue weighted by Crippen LogP contribution is -2.37. The molecule has 0 aromatic heterocycles. The molecular weight excluding hydrogens is 292 g/mol. The molecule has 3 N–H and O–H groups in total. The van der Waals surface area contributed by atoms with E-state index in [1.165, 1.54) is 10.5 Å². The number of thioether (sulfide) groups is 1. The minimum Gasteiger partial charge on any atom is -0.348 e. The Balaban J connectivity index is 0.00000147. The maximum atomic E-state index is 12.4. The molecule has 1 fully saturated rings. The van der Waals surface area contributed by atoms with Gasteiger partial charge in [0, 0.05) is 16.6 Å². The van der Waals surface area contributed by atoms with Crippen molar-refractivity contribution in [2.75, 3.05) is 12.3 Å². The number of halogens is 1. The molecule has 3 rings (SSSR count). The van der Waals surface area contributed by atoms with E-state index in [1.54, 1.807) is 0 Å². The standard InChI is InChI=1S/C15H20N2OS.ClH/c16-8-10-4-3-6-11(10)15(18)17-13-9-19-14-7-2-1-5-12(13)14;/h1-2,5,7,10-11,13H,3-4,6,8-9,16H2,(H,17,18);1H/t10-,11-,13?;/m1./s1. The van der Waals surface area contributed by atoms with Gasteiger partial charge in [-0.1, -0.05) is 24.6 Å². The van der Waals surface area contributed by atoms with Gasteiger partial charge in [-0.05, 0) is 36.9 Å². The number of amides is 1. The number of fused-ring (bicyclic) bond motifs is 1. The molecule has 2 aliphatic rings. The smallest absolute Gasteiger partial charge is 0.223 e. The van der Waals surface area contributed by atoms with Crippen molar-refractivity contribution in [1.82, 2.24) is 5.32 Å². The normalized spacial score (nSPS) is 27.8. The van der Waals surface area contributed by atoms with Gasteiger partial charge in [0.05, 0.1) is 6.04 Å². The van der Waals surface area contributed by atoms with Crippen LogP contribution in [0.3, 0.4) is 0 Å². The van der Waals surface area contributed by atoms with Crippen LogP contribution in [-0.4, -0.2) is 18.2 Å². The first-order valence-corrected chi connectivity index (χ1v) is 8.00. The number of benzene rings is 1. The van der Waals surface area contributed by atoms with Crippen LogP contribution in [0.5, 0.6) is 0 Å². The first-order valence-electron chi connectivity index (χ1n) is 7.01. The number of nitrogens with one attached hydrogen (secondary N) is 1. The highest BCUT2D eigenvalue weighted by molar-refractivity contribution is 7.99. The molecule has 1 amide bonds. The molecule has 1 saturated carbocycles. The summed E-state index contributed by atoms with van der Waals surface area (Å²) in [6.07, 6.45) is 3.23. The lowest BCUT2D eigenvalue weighted by Gasteiger charge is -2.20. The molecule has 1 aliphatic heterocycles. The van der Waals surface area contributed by atoms with E-state index in [-0.39, 0.29) is 30.3 Å². The fraction of sp³-hybridized carbons (Fsp3) is 0.533. The zero-order valence-electron chi connectivity index (χ0n) is 11.4. The number of carbonyl (C=O) groups is 1. The van der Waals surface area contributed by atoms with E-state index in [0.29, 0.717) is 12.5 Å². The van der Waals surface area contributed by atoms with Gasteiger partial charge < -0.3 is 11.1 Å². The van der Waals surface area contributed by atoms with E-state index in [4.69, 9.17) is 5.73 Å². The van der Waals surface area contributed by atoms with Gasteiger partial charge in [0.2, 0.25) is 5.91 Å². The molecule has 0 spiro atoms. The molecule has 1 unspecified atom stereocenters. The summed E-state index contributed by atoms with van der Waals surface area (Å²) in [5.74, 6) is 1.66. The molecule has 3 nitrogen and oxygen atoms in total. The SMILES string of the molecule is Cl.NC[C@H]1CCC[C@H]1C(=O)NC1CSc2ccccc21. The second-order valence-electron chi connectivity index (χ2n) is 5.44. The quantitative estimate of drug-likeness (QED) is 0.902. The third kappa shape index (κ3) is 2.97. The second kappa shape index (κ2) is 6.83. The Morgan fingerprint density at radius 1 is 1.35 bits per heavy atom. The highest BCUT2D eigenvalue weighted by Gasteiger charge is 2.34. The van der Waals surface area contributed by atoms with Gasteiger partial charge in [-0.15, -0.1) is 24.2 Å². The summed E-state index contributed by atoms with van der Waals surface area (Å²) in [7, 11) is 0. The molecule has 1 aliphatic carbocycles. The number of hydrogen-bond donors (Lipinski definition) is 2. The van der Waals surface area contributed by atoms with Crippen molar-refractivity contribution in [2.24, 2.45) is 17.6 Å². The number of carbonyl (C=O) groups excluding carboxylic acids is 1. The fourth-order valence-corrected chi connectivity index (χ4v) is 4.39. The molecule has 1 aromatic carbocycles. The van der Waals surface area contributed by atoms with E-state index >= 15 is 0 Å². The van der Waals surface area contributed by atoms with Crippen LogP contribution in [0.4, 0.5) is 0 Å². The van der Waals surface area contributed by atoms with Crippen LogP contribution in [0.2, 0.25) is 0 Å². The Labute approximate surface area is 130 Å². The van der Waals surface area contributed by atoms with Gasteiger partial charge >= 0.3 is 0 Å². The van der Waals surface area contributed by atoms with Crippen LogP contribution >= 0.6 is 24.2 Å². The fourth-order valence-electron chi connectivity index (χ4n) is 3.23. The topological polar surface area (TPSA) is 55.1 Å². The third-order valence-corrected chi connectivity index (χ3v) is 5.50. The van der Waals surface area contributed by atoms with Crippen molar-refractivity contribution in [2.45, 2.75) is 30.2 Å². The molecule has 20 heavy (non-hydrogen) atoms. The van der Waals surface area contributed by atoms with Gasteiger partial charge in [-0.3, -0.25) is 4.79 Å². The van der Waals surface area contributed by atoms with Gasteiger partial charge in [0.15, 0.2) is 0 Å². The monoisotopic (exact) mass is 312 g/mol. The van der Waals surface area contributed by atoms with Crippen LogP contribution in [-0.2, 0) is 4.79 Å². The zero-order valence-corrected chi connectivity index (χ0v) is 13.0. The minimum absolute atomic E-state index is 0. The number of hydrogen-bond acceptors (Lipinski definition) is 3. The molecule has 3 atom stereocenters. The Kier molecular flexibility index (Phi) is 5.35. The minimum atomic E-state index is 0. The highest BCUT2D eigenvalue weighted by Crippen LogP contribution is 2.38. The Morgan fingerprint density at radius 2 is 2.15 bits per heavy atom. The van der Waals surface area contributed by atoms with Gasteiger partial charge in [0.25, 0.3) is 0 Å². The van der Waals surface area contributed by atoms with Crippen molar-refractivity contribution in [3.63, 3.8) is 0 Å². The van der Waals surface area contributed by atoms with Crippen molar-refractivity contribution in [1.29, 1.82) is 0 Å². The van der Waals surface area contributed by atoms with Crippen molar-refractivity contribution < 1.29 is 4.79 Å². The molecule has 1 heterocycles. The van der Waals surface area contributed by atoms with Crippen molar-refractivity contribution in [3.05, 3.63) is 29.8 Å². The number of nitrogens with two attached hydrogens (primary N) is 1. The molecule has 0 saturated heterocycles. The summed E-state index contributed by atoms with van der Waals surface area (Å²) < 4.78 is 0. The number of rotatable bonds is 3. The molecule has 0 radical (unpaired) electrons. The average molecular weight is 313 g/mol. The summed E-state index contributed by atoms with van der Waals surface area (Å²) in [6.45, 7) is 0.633. The van der Waals surface area contributed by atoms with Crippen molar-refractivity contribution in [3.8, 4) is 0 Å². The van der Waals surface area contributed by atoms with Gasteiger partial charge in [-0.2, -0.15) is 0 Å². The summed E-state index contributed by atoms with van der Waals surface area (Å²) in [6, 6.07) is 8.52. The zero-order chi connectivity index (χ0) is 13.2. The van der Waals surface area contributed by atoms with Gasteiger partial charge in [-0.25, -0.2) is 0 Å². The van der Waals surface area contributed by atoms with Crippen molar-refractivity contribution >= 4 is 30.1 Å². The summed E-state index contributed by atoms with van der Waals surface area (Å²) in [4.78, 5) is 13.7. The molecular formula is C15H21ClN2OS. The highest BCUT2D eigenvalue weighted by atomic mass is 35.5. The summed E-state index contributed by atoms with van der Waals surface area (Å²) >= 11 is 1.83. The second-order valence-corrected chi connectivity index (χ2v) is 6.51. The summed E-state index contributed by atoms with van der Waals surface area (Å²) in [5, 5.41) is 3.23. The largest absolute Gasteiger partial charge is 0.348 e. The third-order valence-electron chi connectivity index (χ3n) is 4.32. The Hall–Kier alpha value is -0.710. The Bertz CT molecular complexity index is 483. The predicted octanol–water partition coefficient (Wildman–Crippen LogP) is 2.75. The first-order chi connectivity index (χ1) is 9.29. The van der Waals surface area contributed by atoms with Crippen LogP contribution in [0.1, 0.15) is 30.9 Å². The predicted molar refractivity (Wildman–Crippen MR) is 85.2 cm³/mol. The maximum Gasteiger partial charge on any atom is 0.223 e. The van der Waals surface area contributed by atoms with E-state index in [0.717, 1.165) is 25.0 Å². The molecule has 5 heteroatoms. The lowest BCUT2D eigenvalue weighted by molar-refractivity contribution is -0.126. The molecule has 110 valence electrons. The van der Waals surface area contributed by atoms with E-state index in [1.807, 2.05) is 17.8 Å². The maximum absolute atomic E-state index is 12.4. The molecule has 1 aromatic rings. The summed E-state index contributed by atoms with van der Waals surface area (Å²) in [5.41, 5.74) is 7.03. The van der Waals surface area contributed by atoms with Gasteiger partial charge in [0.1, 0.15) is 0 Å². The van der Waals surface area contributed by atoms with Crippen LogP contribution in [0, 0.1) is 11.8 Å². The van der Waals surface area contributed by atoms with E-state index in [9.17, 15) is 4.79 Å². The van der Waals surface area contributed by atoms with E-state index in [2.05, 4.69) is 23.5 Å². The van der Waals surface area contributed by atoms with Crippen LogP contribution < -0.4 is 11.1 Å².